The van der Waals surface area contributed by atoms with Crippen LogP contribution in [0, 0.1) is 0 Å². The van der Waals surface area contributed by atoms with E-state index in [1.807, 2.05) is 30.3 Å². The maximum Gasteiger partial charge on any atom is 0.191 e. The second-order valence-electron chi connectivity index (χ2n) is 5.57. The molecule has 2 aromatic rings. The Labute approximate surface area is 155 Å². The smallest absolute Gasteiger partial charge is 0.191 e. The molecule has 0 bridgehead atoms. The van der Waals surface area contributed by atoms with Crippen molar-refractivity contribution in [1.29, 1.82) is 0 Å². The maximum absolute atomic E-state index is 12.2. The first kappa shape index (κ1) is 19.8. The van der Waals surface area contributed by atoms with Crippen LogP contribution in [-0.2, 0) is 9.84 Å². The van der Waals surface area contributed by atoms with Crippen molar-refractivity contribution in [2.45, 2.75) is 11.3 Å². The fraction of sp³-hybridized carbons (Fsp3) is 0.316. The van der Waals surface area contributed by atoms with Gasteiger partial charge < -0.3 is 15.4 Å². The number of guanidine groups is 1. The largest absolute Gasteiger partial charge is 0.494 e. The van der Waals surface area contributed by atoms with Crippen molar-refractivity contribution in [3.63, 3.8) is 0 Å². The molecule has 0 aliphatic heterocycles. The minimum absolute atomic E-state index is 0.00876. The summed E-state index contributed by atoms with van der Waals surface area (Å²) in [5.74, 6) is 1.43. The lowest BCUT2D eigenvalue weighted by molar-refractivity contribution is 0.311. The van der Waals surface area contributed by atoms with Crippen LogP contribution in [0.25, 0.3) is 0 Å². The summed E-state index contributed by atoms with van der Waals surface area (Å²) in [4.78, 5) is 4.43. The number of nitrogens with zero attached hydrogens (tertiary/aromatic N) is 1. The van der Waals surface area contributed by atoms with Gasteiger partial charge in [0.25, 0.3) is 0 Å². The Morgan fingerprint density at radius 3 is 2.23 bits per heavy atom. The van der Waals surface area contributed by atoms with Gasteiger partial charge in [-0.25, -0.2) is 8.42 Å². The van der Waals surface area contributed by atoms with Crippen LogP contribution < -0.4 is 15.4 Å². The number of hydrogen-bond donors (Lipinski definition) is 2. The fourth-order valence-corrected chi connectivity index (χ4v) is 3.43. The summed E-state index contributed by atoms with van der Waals surface area (Å²) in [6.45, 7) is 1.56. The predicted molar refractivity (Wildman–Crippen MR) is 104 cm³/mol. The second-order valence-corrected chi connectivity index (χ2v) is 7.68. The van der Waals surface area contributed by atoms with Crippen molar-refractivity contribution in [3.8, 4) is 5.75 Å². The number of ether oxygens (including phenoxy) is 1. The quantitative estimate of drug-likeness (QED) is 0.399. The van der Waals surface area contributed by atoms with E-state index in [4.69, 9.17) is 4.74 Å². The summed E-state index contributed by atoms with van der Waals surface area (Å²) < 4.78 is 30.1. The fourth-order valence-electron chi connectivity index (χ4n) is 2.26. The van der Waals surface area contributed by atoms with Crippen molar-refractivity contribution in [2.75, 3.05) is 32.5 Å². The molecular weight excluding hydrogens is 350 g/mol. The Kier molecular flexibility index (Phi) is 7.95. The molecule has 0 aromatic heterocycles. The second kappa shape index (κ2) is 10.5. The number of rotatable bonds is 9. The van der Waals surface area contributed by atoms with Gasteiger partial charge >= 0.3 is 0 Å². The summed E-state index contributed by atoms with van der Waals surface area (Å²) in [6, 6.07) is 18.1. The molecule has 0 aliphatic rings. The Morgan fingerprint density at radius 1 is 0.962 bits per heavy atom. The molecule has 7 heteroatoms. The maximum atomic E-state index is 12.2. The van der Waals surface area contributed by atoms with E-state index in [0.717, 1.165) is 12.2 Å². The topological polar surface area (TPSA) is 79.8 Å². The molecule has 0 aliphatic carbocycles. The molecule has 2 rings (SSSR count). The van der Waals surface area contributed by atoms with Crippen molar-refractivity contribution < 1.29 is 13.2 Å². The summed E-state index contributed by atoms with van der Waals surface area (Å²) in [7, 11) is -1.63. The van der Waals surface area contributed by atoms with Crippen LogP contribution in [0.2, 0.25) is 0 Å². The average molecular weight is 375 g/mol. The molecule has 0 saturated carbocycles. The van der Waals surface area contributed by atoms with Crippen LogP contribution in [0.15, 0.2) is 70.6 Å². The van der Waals surface area contributed by atoms with Gasteiger partial charge in [0.05, 0.1) is 17.3 Å². The monoisotopic (exact) mass is 375 g/mol. The van der Waals surface area contributed by atoms with Crippen LogP contribution in [0.1, 0.15) is 6.42 Å². The lowest BCUT2D eigenvalue weighted by atomic mass is 10.3. The van der Waals surface area contributed by atoms with E-state index in [1.165, 1.54) is 0 Å². The van der Waals surface area contributed by atoms with E-state index in [0.29, 0.717) is 24.0 Å². The number of sulfone groups is 1. The van der Waals surface area contributed by atoms with Crippen LogP contribution in [-0.4, -0.2) is 46.9 Å². The van der Waals surface area contributed by atoms with Gasteiger partial charge in [-0.1, -0.05) is 36.4 Å². The number of para-hydroxylation sites is 1. The van der Waals surface area contributed by atoms with Crippen molar-refractivity contribution in [1.82, 2.24) is 10.6 Å². The van der Waals surface area contributed by atoms with Crippen LogP contribution in [0.3, 0.4) is 0 Å². The third-order valence-electron chi connectivity index (χ3n) is 3.61. The Morgan fingerprint density at radius 2 is 1.58 bits per heavy atom. The molecule has 140 valence electrons. The summed E-state index contributed by atoms with van der Waals surface area (Å²) in [6.07, 6.45) is 0.803. The zero-order valence-corrected chi connectivity index (χ0v) is 15.7. The first-order chi connectivity index (χ1) is 12.6. The van der Waals surface area contributed by atoms with E-state index in [-0.39, 0.29) is 12.3 Å². The molecule has 0 saturated heterocycles. The molecule has 0 amide bonds. The third-order valence-corrected chi connectivity index (χ3v) is 5.35. The number of benzene rings is 2. The van der Waals surface area contributed by atoms with Crippen molar-refractivity contribution in [2.24, 2.45) is 4.99 Å². The Balaban J connectivity index is 1.65. The molecule has 0 fully saturated rings. The summed E-state index contributed by atoms with van der Waals surface area (Å²) >= 11 is 0. The SMILES string of the molecule is CN=C(NCCCOc1ccccc1)NCCS(=O)(=O)c1ccccc1. The zero-order chi connectivity index (χ0) is 18.7. The lowest BCUT2D eigenvalue weighted by Crippen LogP contribution is -2.40. The van der Waals surface area contributed by atoms with Gasteiger partial charge in [0.2, 0.25) is 0 Å². The number of hydrogen-bond acceptors (Lipinski definition) is 4. The minimum atomic E-state index is -3.29. The summed E-state index contributed by atoms with van der Waals surface area (Å²) in [5, 5.41) is 6.17. The molecule has 26 heavy (non-hydrogen) atoms. The molecule has 0 spiro atoms. The number of aliphatic imine (C=N–C) groups is 1. The highest BCUT2D eigenvalue weighted by Crippen LogP contribution is 2.09. The highest BCUT2D eigenvalue weighted by molar-refractivity contribution is 7.91. The normalized spacial score (nSPS) is 11.8. The van der Waals surface area contributed by atoms with E-state index >= 15 is 0 Å². The van der Waals surface area contributed by atoms with Crippen molar-refractivity contribution >= 4 is 15.8 Å². The van der Waals surface area contributed by atoms with Crippen LogP contribution in [0.4, 0.5) is 0 Å². The molecule has 6 nitrogen and oxygen atoms in total. The van der Waals surface area contributed by atoms with Crippen molar-refractivity contribution in [3.05, 3.63) is 60.7 Å². The molecule has 0 radical (unpaired) electrons. The first-order valence-corrected chi connectivity index (χ1v) is 10.2. The van der Waals surface area contributed by atoms with Gasteiger partial charge in [-0.3, -0.25) is 4.99 Å². The van der Waals surface area contributed by atoms with Gasteiger partial charge in [0.15, 0.2) is 15.8 Å². The third kappa shape index (κ3) is 6.76. The standard InChI is InChI=1S/C19H25N3O3S/c1-20-19(21-13-8-15-25-17-9-4-2-5-10-17)22-14-16-26(23,24)18-11-6-3-7-12-18/h2-7,9-12H,8,13-16H2,1H3,(H2,20,21,22). The molecular formula is C19H25N3O3S. The average Bonchev–Trinajstić information content (AvgIpc) is 2.68. The summed E-state index contributed by atoms with van der Waals surface area (Å²) in [5.41, 5.74) is 0. The zero-order valence-electron chi connectivity index (χ0n) is 14.9. The first-order valence-electron chi connectivity index (χ1n) is 8.52. The Hall–Kier alpha value is -2.54. The van der Waals surface area contributed by atoms with E-state index in [9.17, 15) is 8.42 Å². The van der Waals surface area contributed by atoms with Gasteiger partial charge in [-0.2, -0.15) is 0 Å². The van der Waals surface area contributed by atoms with Gasteiger partial charge in [0.1, 0.15) is 5.75 Å². The number of nitrogens with one attached hydrogen (secondary N) is 2. The minimum Gasteiger partial charge on any atom is -0.494 e. The van der Waals surface area contributed by atoms with E-state index < -0.39 is 9.84 Å². The molecule has 0 heterocycles. The van der Waals surface area contributed by atoms with E-state index in [2.05, 4.69) is 15.6 Å². The lowest BCUT2D eigenvalue weighted by Gasteiger charge is -2.12. The van der Waals surface area contributed by atoms with Gasteiger partial charge in [-0.05, 0) is 30.7 Å². The van der Waals surface area contributed by atoms with Gasteiger partial charge in [0, 0.05) is 20.1 Å². The van der Waals surface area contributed by atoms with Crippen LogP contribution in [0.5, 0.6) is 5.75 Å². The predicted octanol–water partition coefficient (Wildman–Crippen LogP) is 2.09. The molecule has 0 unspecified atom stereocenters. The highest BCUT2D eigenvalue weighted by Gasteiger charge is 2.13. The van der Waals surface area contributed by atoms with Gasteiger partial charge in [-0.15, -0.1) is 0 Å². The van der Waals surface area contributed by atoms with Crippen LogP contribution >= 0.6 is 0 Å². The highest BCUT2D eigenvalue weighted by atomic mass is 32.2. The molecule has 0 atom stereocenters. The molecule has 2 aromatic carbocycles. The Bertz CT molecular complexity index is 778. The van der Waals surface area contributed by atoms with E-state index in [1.54, 1.807) is 37.4 Å². The molecule has 2 N–H and O–H groups in total.